The molecule has 1 aromatic heterocycles. The number of carbonyl (C=O) groups excluding carboxylic acids is 1. The Bertz CT molecular complexity index is 1000. The summed E-state index contributed by atoms with van der Waals surface area (Å²) < 4.78 is 27.0. The van der Waals surface area contributed by atoms with Crippen LogP contribution in [-0.4, -0.2) is 15.8 Å². The molecule has 1 amide bonds. The van der Waals surface area contributed by atoms with Gasteiger partial charge in [0.05, 0.1) is 9.62 Å². The van der Waals surface area contributed by atoms with E-state index < -0.39 is 22.5 Å². The molecule has 0 unspecified atom stereocenters. The molecule has 0 bridgehead atoms. The number of anilines is 1. The maximum atomic E-state index is 13.6. The number of thiazole rings is 1. The number of aromatic nitrogens is 1. The van der Waals surface area contributed by atoms with Crippen LogP contribution in [0.4, 0.5) is 19.6 Å². The Kier molecular flexibility index (Phi) is 4.48. The topological polar surface area (TPSA) is 85.1 Å². The molecule has 0 atom stereocenters. The minimum Gasteiger partial charge on any atom is -0.298 e. The Balaban J connectivity index is 1.71. The number of hydrogen-bond donors (Lipinski definition) is 1. The van der Waals surface area contributed by atoms with Crippen molar-refractivity contribution in [2.75, 3.05) is 5.32 Å². The lowest BCUT2D eigenvalue weighted by atomic mass is 10.2. The quantitative estimate of drug-likeness (QED) is 0.430. The lowest BCUT2D eigenvalue weighted by molar-refractivity contribution is -0.384. The van der Waals surface area contributed by atoms with E-state index in [4.69, 9.17) is 0 Å². The maximum absolute atomic E-state index is 13.6. The first-order valence-corrected chi connectivity index (χ1v) is 7.73. The van der Waals surface area contributed by atoms with Crippen molar-refractivity contribution in [2.24, 2.45) is 0 Å². The van der Waals surface area contributed by atoms with E-state index in [1.54, 1.807) is 0 Å². The summed E-state index contributed by atoms with van der Waals surface area (Å²) in [4.78, 5) is 25.8. The number of fused-ring (bicyclic) bond motifs is 1. The van der Waals surface area contributed by atoms with Crippen LogP contribution in [0.1, 0.15) is 5.56 Å². The average molecular weight is 361 g/mol. The van der Waals surface area contributed by atoms with E-state index in [0.29, 0.717) is 5.56 Å². The smallest absolute Gasteiger partial charge is 0.269 e. The second kappa shape index (κ2) is 6.73. The molecule has 0 aliphatic rings. The van der Waals surface area contributed by atoms with Gasteiger partial charge in [-0.05, 0) is 29.8 Å². The number of nitro groups is 1. The highest BCUT2D eigenvalue weighted by Crippen LogP contribution is 2.28. The average Bonchev–Trinajstić information content (AvgIpc) is 2.96. The van der Waals surface area contributed by atoms with Gasteiger partial charge in [-0.25, -0.2) is 13.8 Å². The van der Waals surface area contributed by atoms with Gasteiger partial charge in [-0.3, -0.25) is 20.2 Å². The Hall–Kier alpha value is -3.20. The fourth-order valence-electron chi connectivity index (χ4n) is 2.04. The van der Waals surface area contributed by atoms with Gasteiger partial charge in [0, 0.05) is 24.3 Å². The summed E-state index contributed by atoms with van der Waals surface area (Å²) in [6.45, 7) is 0. The first-order valence-electron chi connectivity index (χ1n) is 6.91. The van der Waals surface area contributed by atoms with Gasteiger partial charge in [0.2, 0.25) is 5.91 Å². The van der Waals surface area contributed by atoms with Gasteiger partial charge in [0.1, 0.15) is 11.3 Å². The van der Waals surface area contributed by atoms with Gasteiger partial charge >= 0.3 is 0 Å². The SMILES string of the molecule is O=C(/C=C/c1ccc([N+](=O)[O-])cc1)Nc1nc2c(F)cc(F)cc2s1. The van der Waals surface area contributed by atoms with Crippen LogP contribution >= 0.6 is 11.3 Å². The molecule has 2 aromatic carbocycles. The third kappa shape index (κ3) is 3.83. The summed E-state index contributed by atoms with van der Waals surface area (Å²) >= 11 is 0.949. The van der Waals surface area contributed by atoms with E-state index in [-0.39, 0.29) is 21.0 Å². The fourth-order valence-corrected chi connectivity index (χ4v) is 2.94. The molecule has 0 aliphatic heterocycles. The second-order valence-corrected chi connectivity index (χ2v) is 5.96. The highest BCUT2D eigenvalue weighted by atomic mass is 32.1. The normalized spacial score (nSPS) is 11.1. The summed E-state index contributed by atoms with van der Waals surface area (Å²) in [5.41, 5.74) is 0.532. The molecule has 3 rings (SSSR count). The van der Waals surface area contributed by atoms with Crippen molar-refractivity contribution in [3.8, 4) is 0 Å². The number of nitro benzene ring substituents is 1. The van der Waals surface area contributed by atoms with Gasteiger partial charge in [0.25, 0.3) is 5.69 Å². The summed E-state index contributed by atoms with van der Waals surface area (Å²) in [6, 6.07) is 7.50. The summed E-state index contributed by atoms with van der Waals surface area (Å²) in [6.07, 6.45) is 2.68. The van der Waals surface area contributed by atoms with Crippen molar-refractivity contribution in [1.29, 1.82) is 0 Å². The lowest BCUT2D eigenvalue weighted by Gasteiger charge is -1.96. The Morgan fingerprint density at radius 1 is 1.24 bits per heavy atom. The monoisotopic (exact) mass is 361 g/mol. The Morgan fingerprint density at radius 2 is 1.96 bits per heavy atom. The molecular weight excluding hydrogens is 352 g/mol. The van der Waals surface area contributed by atoms with Crippen LogP contribution in [0.5, 0.6) is 0 Å². The van der Waals surface area contributed by atoms with Gasteiger partial charge in [-0.15, -0.1) is 0 Å². The van der Waals surface area contributed by atoms with Crippen LogP contribution in [0.2, 0.25) is 0 Å². The summed E-state index contributed by atoms with van der Waals surface area (Å²) in [7, 11) is 0. The van der Waals surface area contributed by atoms with E-state index in [2.05, 4.69) is 10.3 Å². The molecule has 0 spiro atoms. The molecule has 0 fully saturated rings. The first kappa shape index (κ1) is 16.7. The maximum Gasteiger partial charge on any atom is 0.269 e. The van der Waals surface area contributed by atoms with Gasteiger partial charge < -0.3 is 0 Å². The van der Waals surface area contributed by atoms with Crippen LogP contribution in [0.25, 0.3) is 16.3 Å². The number of non-ortho nitro benzene ring substituents is 1. The summed E-state index contributed by atoms with van der Waals surface area (Å²) in [5, 5.41) is 13.2. The van der Waals surface area contributed by atoms with Crippen molar-refractivity contribution in [2.45, 2.75) is 0 Å². The van der Waals surface area contributed by atoms with Crippen molar-refractivity contribution in [3.05, 3.63) is 69.8 Å². The molecule has 25 heavy (non-hydrogen) atoms. The number of carbonyl (C=O) groups is 1. The minimum absolute atomic E-state index is 0.0129. The van der Waals surface area contributed by atoms with Crippen molar-refractivity contribution in [3.63, 3.8) is 0 Å². The third-order valence-corrected chi connectivity index (χ3v) is 4.09. The largest absolute Gasteiger partial charge is 0.298 e. The van der Waals surface area contributed by atoms with Crippen molar-refractivity contribution < 1.29 is 18.5 Å². The highest BCUT2D eigenvalue weighted by molar-refractivity contribution is 7.22. The lowest BCUT2D eigenvalue weighted by Crippen LogP contribution is -2.07. The van der Waals surface area contributed by atoms with Crippen LogP contribution < -0.4 is 5.32 Å². The predicted molar refractivity (Wildman–Crippen MR) is 90.3 cm³/mol. The zero-order valence-corrected chi connectivity index (χ0v) is 13.2. The number of halogens is 2. The molecule has 6 nitrogen and oxygen atoms in total. The predicted octanol–water partition coefficient (Wildman–Crippen LogP) is 4.13. The third-order valence-electron chi connectivity index (χ3n) is 3.17. The van der Waals surface area contributed by atoms with E-state index in [1.165, 1.54) is 36.4 Å². The van der Waals surface area contributed by atoms with Crippen LogP contribution in [0, 0.1) is 21.7 Å². The molecule has 0 saturated carbocycles. The van der Waals surface area contributed by atoms with Crippen molar-refractivity contribution >= 4 is 44.4 Å². The second-order valence-electron chi connectivity index (χ2n) is 4.92. The molecule has 1 heterocycles. The number of nitrogens with one attached hydrogen (secondary N) is 1. The highest BCUT2D eigenvalue weighted by Gasteiger charge is 2.11. The molecule has 126 valence electrons. The number of hydrogen-bond acceptors (Lipinski definition) is 5. The summed E-state index contributed by atoms with van der Waals surface area (Å²) in [5.74, 6) is -2.03. The molecule has 0 saturated heterocycles. The first-order chi connectivity index (χ1) is 11.9. The van der Waals surface area contributed by atoms with E-state index in [0.717, 1.165) is 23.5 Å². The number of rotatable bonds is 4. The molecule has 0 aliphatic carbocycles. The van der Waals surface area contributed by atoms with Crippen molar-refractivity contribution in [1.82, 2.24) is 4.98 Å². The Morgan fingerprint density at radius 3 is 2.64 bits per heavy atom. The van der Waals surface area contributed by atoms with E-state index in [9.17, 15) is 23.7 Å². The van der Waals surface area contributed by atoms with Crippen LogP contribution in [0.3, 0.4) is 0 Å². The number of benzene rings is 2. The van der Waals surface area contributed by atoms with E-state index in [1.807, 2.05) is 0 Å². The van der Waals surface area contributed by atoms with E-state index >= 15 is 0 Å². The molecule has 9 heteroatoms. The van der Waals surface area contributed by atoms with Crippen LogP contribution in [0.15, 0.2) is 42.5 Å². The van der Waals surface area contributed by atoms with Gasteiger partial charge in [-0.2, -0.15) is 0 Å². The standard InChI is InChI=1S/C16H9F2N3O3S/c17-10-7-12(18)15-13(8-10)25-16(20-15)19-14(22)6-3-9-1-4-11(5-2-9)21(23)24/h1-8H,(H,19,20,22)/b6-3+. The molecule has 0 radical (unpaired) electrons. The number of nitrogens with zero attached hydrogens (tertiary/aromatic N) is 2. The van der Waals surface area contributed by atoms with Gasteiger partial charge in [-0.1, -0.05) is 11.3 Å². The number of amides is 1. The fraction of sp³-hybridized carbons (Fsp3) is 0. The molecule has 1 N–H and O–H groups in total. The zero-order valence-electron chi connectivity index (χ0n) is 12.4. The minimum atomic E-state index is -0.798. The van der Waals surface area contributed by atoms with Gasteiger partial charge in [0.15, 0.2) is 10.9 Å². The van der Waals surface area contributed by atoms with Crippen LogP contribution in [-0.2, 0) is 4.79 Å². The molecular formula is C16H9F2N3O3S. The Labute approximate surface area is 143 Å². The zero-order chi connectivity index (χ0) is 18.0. The molecule has 3 aromatic rings.